The maximum absolute atomic E-state index is 5.01. The molecule has 0 aliphatic heterocycles. The number of hydrogen-bond donors (Lipinski definition) is 0. The number of rotatable bonds is 6. The van der Waals surface area contributed by atoms with E-state index in [0.717, 1.165) is 50.7 Å². The van der Waals surface area contributed by atoms with E-state index in [0.29, 0.717) is 0 Å². The van der Waals surface area contributed by atoms with Crippen molar-refractivity contribution in [1.29, 1.82) is 0 Å². The Hall–Kier alpha value is -7.43. The summed E-state index contributed by atoms with van der Waals surface area (Å²) in [7, 11) is 0. The van der Waals surface area contributed by atoms with E-state index in [9.17, 15) is 0 Å². The van der Waals surface area contributed by atoms with Gasteiger partial charge in [0.2, 0.25) is 0 Å². The molecular weight excluding hydrogens is 705 g/mol. The minimum atomic E-state index is -0.0604. The summed E-state index contributed by atoms with van der Waals surface area (Å²) in [6.45, 7) is 4.70. The molecule has 0 unspecified atom stereocenters. The summed E-state index contributed by atoms with van der Waals surface area (Å²) in [6, 6.07) is 65.3. The second-order valence-corrected chi connectivity index (χ2v) is 15.7. The van der Waals surface area contributed by atoms with Gasteiger partial charge in [-0.3, -0.25) is 9.97 Å². The third kappa shape index (κ3) is 5.48. The molecule has 58 heavy (non-hydrogen) atoms. The zero-order valence-electron chi connectivity index (χ0n) is 32.3. The van der Waals surface area contributed by atoms with E-state index in [-0.39, 0.29) is 5.41 Å². The van der Waals surface area contributed by atoms with E-state index in [1.807, 2.05) is 48.8 Å². The van der Waals surface area contributed by atoms with Crippen LogP contribution < -0.4 is 0 Å². The molecule has 4 heteroatoms. The van der Waals surface area contributed by atoms with Crippen LogP contribution in [0, 0.1) is 0 Å². The Bertz CT molecular complexity index is 3120. The van der Waals surface area contributed by atoms with E-state index < -0.39 is 0 Å². The van der Waals surface area contributed by atoms with Gasteiger partial charge in [0, 0.05) is 34.3 Å². The third-order valence-electron chi connectivity index (χ3n) is 11.9. The van der Waals surface area contributed by atoms with Crippen LogP contribution in [0.4, 0.5) is 0 Å². The fourth-order valence-corrected chi connectivity index (χ4v) is 9.09. The van der Waals surface area contributed by atoms with Gasteiger partial charge in [0.05, 0.1) is 33.8 Å². The highest BCUT2D eigenvalue weighted by Crippen LogP contribution is 2.52. The summed E-state index contributed by atoms with van der Waals surface area (Å²) in [5, 5.41) is 2.45. The van der Waals surface area contributed by atoms with E-state index in [2.05, 4.69) is 174 Å². The molecule has 0 saturated carbocycles. The molecule has 0 N–H and O–H groups in total. The summed E-state index contributed by atoms with van der Waals surface area (Å²) >= 11 is 0. The highest BCUT2D eigenvalue weighted by molar-refractivity contribution is 6.12. The van der Waals surface area contributed by atoms with Gasteiger partial charge in [-0.1, -0.05) is 117 Å². The Morgan fingerprint density at radius 3 is 1.64 bits per heavy atom. The summed E-state index contributed by atoms with van der Waals surface area (Å²) in [5.74, 6) is 0. The predicted molar refractivity (Wildman–Crippen MR) is 239 cm³/mol. The van der Waals surface area contributed by atoms with Crippen molar-refractivity contribution in [2.24, 2.45) is 0 Å². The van der Waals surface area contributed by atoms with E-state index in [1.165, 1.54) is 55.2 Å². The SMILES string of the molecule is CC1(C)c2ccccc2-c2c(-c3ccc4c(c3)c3cc(-c5cccc(-c6cc(-c7ccccn7)nc(-c7ccccn7)c6)c5)ccc3n4-c3ccccc3)cccc21. The molecule has 4 heterocycles. The Labute approximate surface area is 337 Å². The third-order valence-corrected chi connectivity index (χ3v) is 11.9. The van der Waals surface area contributed by atoms with Crippen molar-refractivity contribution in [3.63, 3.8) is 0 Å². The van der Waals surface area contributed by atoms with Gasteiger partial charge in [-0.2, -0.15) is 0 Å². The number of benzene rings is 6. The minimum absolute atomic E-state index is 0.0604. The number of hydrogen-bond acceptors (Lipinski definition) is 3. The van der Waals surface area contributed by atoms with Crippen LogP contribution in [0.5, 0.6) is 0 Å². The largest absolute Gasteiger partial charge is 0.309 e. The number of aromatic nitrogens is 4. The Morgan fingerprint density at radius 1 is 0.397 bits per heavy atom. The molecular formula is C54H38N4. The summed E-state index contributed by atoms with van der Waals surface area (Å²) in [5.41, 5.74) is 19.1. The number of para-hydroxylation sites is 1. The van der Waals surface area contributed by atoms with E-state index in [1.54, 1.807) is 0 Å². The van der Waals surface area contributed by atoms with Gasteiger partial charge < -0.3 is 4.57 Å². The second-order valence-electron chi connectivity index (χ2n) is 15.7. The summed E-state index contributed by atoms with van der Waals surface area (Å²) in [4.78, 5) is 14.3. The van der Waals surface area contributed by atoms with Crippen molar-refractivity contribution in [2.75, 3.05) is 0 Å². The fourth-order valence-electron chi connectivity index (χ4n) is 9.09. The van der Waals surface area contributed by atoms with Crippen LogP contribution in [0.3, 0.4) is 0 Å². The first kappa shape index (κ1) is 33.9. The molecule has 0 radical (unpaired) electrons. The minimum Gasteiger partial charge on any atom is -0.309 e. The van der Waals surface area contributed by atoms with E-state index >= 15 is 0 Å². The summed E-state index contributed by atoms with van der Waals surface area (Å²) in [6.07, 6.45) is 3.62. The predicted octanol–water partition coefficient (Wildman–Crippen LogP) is 13.6. The van der Waals surface area contributed by atoms with Gasteiger partial charge >= 0.3 is 0 Å². The van der Waals surface area contributed by atoms with Gasteiger partial charge in [0.15, 0.2) is 0 Å². The molecule has 6 aromatic carbocycles. The van der Waals surface area contributed by atoms with Crippen molar-refractivity contribution < 1.29 is 0 Å². The first-order valence-corrected chi connectivity index (χ1v) is 19.8. The average molecular weight is 743 g/mol. The van der Waals surface area contributed by atoms with Crippen molar-refractivity contribution in [2.45, 2.75) is 19.3 Å². The molecule has 4 nitrogen and oxygen atoms in total. The lowest BCUT2D eigenvalue weighted by molar-refractivity contribution is 0.660. The maximum Gasteiger partial charge on any atom is 0.0900 e. The standard InChI is InChI=1S/C54H38N4/c1-54(2)45-20-7-6-18-42(45)53-41(19-13-21-46(53)54)38-25-27-52-44(32-38)43-31-37(24-26-51(43)58(52)40-16-4-3-5-17-40)35-14-12-15-36(30-35)39-33-49(47-22-8-10-28-55-47)57-50(34-39)48-23-9-11-29-56-48/h3-34H,1-2H3. The Morgan fingerprint density at radius 2 is 0.948 bits per heavy atom. The van der Waals surface area contributed by atoms with Crippen LogP contribution in [0.1, 0.15) is 25.0 Å². The quantitative estimate of drug-likeness (QED) is 0.170. The summed E-state index contributed by atoms with van der Waals surface area (Å²) < 4.78 is 2.40. The van der Waals surface area contributed by atoms with Crippen LogP contribution >= 0.6 is 0 Å². The molecule has 0 fully saturated rings. The van der Waals surface area contributed by atoms with Crippen LogP contribution in [-0.4, -0.2) is 19.5 Å². The van der Waals surface area contributed by atoms with Crippen molar-refractivity contribution in [1.82, 2.24) is 19.5 Å². The zero-order valence-corrected chi connectivity index (χ0v) is 32.3. The Balaban J connectivity index is 1.08. The zero-order chi connectivity index (χ0) is 38.8. The van der Waals surface area contributed by atoms with Gasteiger partial charge in [-0.05, 0) is 134 Å². The maximum atomic E-state index is 5.01. The lowest BCUT2D eigenvalue weighted by Gasteiger charge is -2.21. The van der Waals surface area contributed by atoms with Gasteiger partial charge in [-0.25, -0.2) is 4.98 Å². The van der Waals surface area contributed by atoms with Crippen LogP contribution in [0.25, 0.3) is 94.8 Å². The molecule has 0 saturated heterocycles. The molecule has 4 aromatic heterocycles. The Kier molecular flexibility index (Phi) is 7.80. The molecule has 274 valence electrons. The number of fused-ring (bicyclic) bond motifs is 6. The average Bonchev–Trinajstić information content (AvgIpc) is 3.74. The second kappa shape index (κ2) is 13.4. The highest BCUT2D eigenvalue weighted by Gasteiger charge is 2.36. The molecule has 1 aliphatic rings. The normalized spacial score (nSPS) is 12.8. The monoisotopic (exact) mass is 742 g/mol. The first-order chi connectivity index (χ1) is 28.5. The first-order valence-electron chi connectivity index (χ1n) is 19.8. The van der Waals surface area contributed by atoms with Crippen LogP contribution in [-0.2, 0) is 5.41 Å². The van der Waals surface area contributed by atoms with Gasteiger partial charge in [-0.15, -0.1) is 0 Å². The van der Waals surface area contributed by atoms with Gasteiger partial charge in [0.25, 0.3) is 0 Å². The van der Waals surface area contributed by atoms with Crippen LogP contribution in [0.15, 0.2) is 194 Å². The van der Waals surface area contributed by atoms with Gasteiger partial charge in [0.1, 0.15) is 0 Å². The fraction of sp³-hybridized carbons (Fsp3) is 0.0556. The highest BCUT2D eigenvalue weighted by atomic mass is 15.0. The molecule has 0 spiro atoms. The molecule has 11 rings (SSSR count). The van der Waals surface area contributed by atoms with Crippen molar-refractivity contribution >= 4 is 21.8 Å². The lowest BCUT2D eigenvalue weighted by atomic mass is 9.82. The molecule has 0 bridgehead atoms. The number of nitrogens with zero attached hydrogens (tertiary/aromatic N) is 4. The molecule has 10 aromatic rings. The lowest BCUT2D eigenvalue weighted by Crippen LogP contribution is -2.14. The van der Waals surface area contributed by atoms with E-state index in [4.69, 9.17) is 4.98 Å². The smallest absolute Gasteiger partial charge is 0.0900 e. The number of pyridine rings is 3. The topological polar surface area (TPSA) is 43.6 Å². The molecule has 0 atom stereocenters. The molecule has 0 amide bonds. The van der Waals surface area contributed by atoms with Crippen molar-refractivity contribution in [3.05, 3.63) is 206 Å². The molecule has 1 aliphatic carbocycles. The van der Waals surface area contributed by atoms with Crippen LogP contribution in [0.2, 0.25) is 0 Å². The van der Waals surface area contributed by atoms with Crippen molar-refractivity contribution in [3.8, 4) is 73.0 Å².